The zero-order valence-electron chi connectivity index (χ0n) is 14.4. The predicted molar refractivity (Wildman–Crippen MR) is 98.9 cm³/mol. The second-order valence-corrected chi connectivity index (χ2v) is 6.69. The number of carbonyl (C=O) groups is 2. The molecule has 2 aromatic rings. The highest BCUT2D eigenvalue weighted by Crippen LogP contribution is 2.35. The summed E-state index contributed by atoms with van der Waals surface area (Å²) in [4.78, 5) is 38.6. The highest BCUT2D eigenvalue weighted by atomic mass is 16.3. The van der Waals surface area contributed by atoms with Crippen molar-refractivity contribution in [2.75, 3.05) is 24.5 Å². The molecule has 132 valence electrons. The molecule has 0 saturated carbocycles. The van der Waals surface area contributed by atoms with Gasteiger partial charge in [-0.15, -0.1) is 4.91 Å². The van der Waals surface area contributed by atoms with E-state index in [2.05, 4.69) is 10.1 Å². The van der Waals surface area contributed by atoms with E-state index in [0.29, 0.717) is 0 Å². The van der Waals surface area contributed by atoms with Crippen molar-refractivity contribution < 1.29 is 9.59 Å². The molecule has 4 rings (SSSR count). The Morgan fingerprint density at radius 2 is 1.73 bits per heavy atom. The molecule has 0 aliphatic carbocycles. The minimum Gasteiger partial charge on any atom is -0.341 e. The van der Waals surface area contributed by atoms with Gasteiger partial charge in [-0.3, -0.25) is 9.59 Å². The standard InChI is InChI=1S/C20H19N3O3/c24-19(21-26)15-4-3-5-17(13-15)23-11-8-14-12-16(6-7-18(14)23)20(25)22-9-1-2-10-22/h3-7,12-13H,1-2,8-11H2. The van der Waals surface area contributed by atoms with Gasteiger partial charge in [0.05, 0.1) is 0 Å². The van der Waals surface area contributed by atoms with Crippen molar-refractivity contribution in [3.05, 3.63) is 64.1 Å². The summed E-state index contributed by atoms with van der Waals surface area (Å²) in [5, 5.41) is 2.49. The normalized spacial score (nSPS) is 15.8. The summed E-state index contributed by atoms with van der Waals surface area (Å²) in [5.74, 6) is -0.661. The molecule has 2 aliphatic rings. The first-order valence-electron chi connectivity index (χ1n) is 8.85. The summed E-state index contributed by atoms with van der Waals surface area (Å²) in [6.45, 7) is 2.45. The number of carbonyl (C=O) groups excluding carboxylic acids is 2. The van der Waals surface area contributed by atoms with Crippen LogP contribution in [0.25, 0.3) is 0 Å². The summed E-state index contributed by atoms with van der Waals surface area (Å²) in [5.41, 5.74) is 4.03. The van der Waals surface area contributed by atoms with Crippen LogP contribution in [0.2, 0.25) is 0 Å². The van der Waals surface area contributed by atoms with Crippen molar-refractivity contribution in [3.8, 4) is 0 Å². The van der Waals surface area contributed by atoms with Gasteiger partial charge in [0.15, 0.2) is 0 Å². The SMILES string of the molecule is O=NC(=O)c1cccc(N2CCc3cc(C(=O)N4CCCC4)ccc32)c1. The zero-order chi connectivity index (χ0) is 18.1. The van der Waals surface area contributed by atoms with E-state index in [-0.39, 0.29) is 11.5 Å². The lowest BCUT2D eigenvalue weighted by Gasteiger charge is -2.20. The molecule has 2 heterocycles. The molecule has 1 fully saturated rings. The molecule has 6 heteroatoms. The first kappa shape index (κ1) is 16.4. The molecule has 0 spiro atoms. The van der Waals surface area contributed by atoms with Crippen molar-refractivity contribution in [1.29, 1.82) is 0 Å². The Bertz CT molecular complexity index is 888. The molecule has 0 unspecified atom stereocenters. The van der Waals surface area contributed by atoms with E-state index in [1.807, 2.05) is 29.2 Å². The van der Waals surface area contributed by atoms with E-state index >= 15 is 0 Å². The molecule has 2 aromatic carbocycles. The Morgan fingerprint density at radius 1 is 0.923 bits per heavy atom. The second-order valence-electron chi connectivity index (χ2n) is 6.69. The minimum atomic E-state index is -0.766. The third kappa shape index (κ3) is 2.87. The number of likely N-dealkylation sites (tertiary alicyclic amines) is 1. The minimum absolute atomic E-state index is 0.105. The average Bonchev–Trinajstić information content (AvgIpc) is 3.36. The number of anilines is 2. The molecule has 0 aromatic heterocycles. The fourth-order valence-electron chi connectivity index (χ4n) is 3.77. The quantitative estimate of drug-likeness (QED) is 0.795. The van der Waals surface area contributed by atoms with Crippen LogP contribution in [0.3, 0.4) is 0 Å². The Balaban J connectivity index is 1.61. The lowest BCUT2D eigenvalue weighted by molar-refractivity contribution is 0.0792. The fourth-order valence-corrected chi connectivity index (χ4v) is 3.77. The maximum absolute atomic E-state index is 12.6. The maximum Gasteiger partial charge on any atom is 0.316 e. The van der Waals surface area contributed by atoms with Gasteiger partial charge in [0, 0.05) is 47.3 Å². The molecule has 0 atom stereocenters. The maximum atomic E-state index is 12.6. The van der Waals surface area contributed by atoms with Crippen LogP contribution in [0.5, 0.6) is 0 Å². The number of nitroso groups, excluding NO2 is 1. The summed E-state index contributed by atoms with van der Waals surface area (Å²) < 4.78 is 0. The molecular weight excluding hydrogens is 330 g/mol. The number of nitrogens with zero attached hydrogens (tertiary/aromatic N) is 3. The van der Waals surface area contributed by atoms with Crippen LogP contribution in [0.1, 0.15) is 39.1 Å². The highest BCUT2D eigenvalue weighted by Gasteiger charge is 2.25. The Kier molecular flexibility index (Phi) is 4.24. The largest absolute Gasteiger partial charge is 0.341 e. The van der Waals surface area contributed by atoms with Crippen LogP contribution in [0.4, 0.5) is 11.4 Å². The summed E-state index contributed by atoms with van der Waals surface area (Å²) in [6.07, 6.45) is 2.99. The Morgan fingerprint density at radius 3 is 2.50 bits per heavy atom. The third-order valence-electron chi connectivity index (χ3n) is 5.10. The molecule has 0 bridgehead atoms. The lowest BCUT2D eigenvalue weighted by Crippen LogP contribution is -2.27. The molecule has 2 amide bonds. The topological polar surface area (TPSA) is 70.0 Å². The van der Waals surface area contributed by atoms with Crippen LogP contribution in [0.15, 0.2) is 47.6 Å². The van der Waals surface area contributed by atoms with Crippen LogP contribution < -0.4 is 4.90 Å². The van der Waals surface area contributed by atoms with Gasteiger partial charge in [0.25, 0.3) is 5.91 Å². The van der Waals surface area contributed by atoms with E-state index in [9.17, 15) is 14.5 Å². The molecule has 2 aliphatic heterocycles. The van der Waals surface area contributed by atoms with Gasteiger partial charge in [-0.1, -0.05) is 6.07 Å². The van der Waals surface area contributed by atoms with Gasteiger partial charge in [0.2, 0.25) is 0 Å². The number of benzene rings is 2. The zero-order valence-corrected chi connectivity index (χ0v) is 14.4. The van der Waals surface area contributed by atoms with Gasteiger partial charge >= 0.3 is 5.91 Å². The summed E-state index contributed by atoms with van der Waals surface area (Å²) >= 11 is 0. The van der Waals surface area contributed by atoms with Gasteiger partial charge in [-0.2, -0.15) is 0 Å². The molecule has 6 nitrogen and oxygen atoms in total. The van der Waals surface area contributed by atoms with E-state index in [1.165, 1.54) is 0 Å². The molecular formula is C20H19N3O3. The first-order valence-corrected chi connectivity index (χ1v) is 8.85. The van der Waals surface area contributed by atoms with Crippen LogP contribution in [0, 0.1) is 4.91 Å². The van der Waals surface area contributed by atoms with Gasteiger partial charge in [-0.05, 0) is 61.2 Å². The van der Waals surface area contributed by atoms with E-state index in [4.69, 9.17) is 0 Å². The average molecular weight is 349 g/mol. The molecule has 26 heavy (non-hydrogen) atoms. The van der Waals surface area contributed by atoms with Gasteiger partial charge in [0.1, 0.15) is 0 Å². The van der Waals surface area contributed by atoms with Crippen molar-refractivity contribution in [1.82, 2.24) is 4.90 Å². The van der Waals surface area contributed by atoms with E-state index in [1.54, 1.807) is 18.2 Å². The number of hydrogen-bond donors (Lipinski definition) is 0. The van der Waals surface area contributed by atoms with Crippen molar-refractivity contribution >= 4 is 23.2 Å². The molecule has 1 saturated heterocycles. The Hall–Kier alpha value is -3.02. The highest BCUT2D eigenvalue weighted by molar-refractivity contribution is 5.97. The Labute approximate surface area is 151 Å². The van der Waals surface area contributed by atoms with Crippen LogP contribution in [-0.4, -0.2) is 36.3 Å². The van der Waals surface area contributed by atoms with E-state index in [0.717, 1.165) is 61.4 Å². The molecule has 0 N–H and O–H groups in total. The number of amides is 2. The van der Waals surface area contributed by atoms with Gasteiger partial charge in [-0.25, -0.2) is 0 Å². The van der Waals surface area contributed by atoms with Crippen LogP contribution >= 0.6 is 0 Å². The van der Waals surface area contributed by atoms with E-state index < -0.39 is 5.91 Å². The summed E-state index contributed by atoms with van der Waals surface area (Å²) in [7, 11) is 0. The smallest absolute Gasteiger partial charge is 0.316 e. The number of rotatable bonds is 3. The lowest BCUT2D eigenvalue weighted by atomic mass is 10.1. The monoisotopic (exact) mass is 349 g/mol. The van der Waals surface area contributed by atoms with Crippen molar-refractivity contribution in [3.63, 3.8) is 0 Å². The van der Waals surface area contributed by atoms with Gasteiger partial charge < -0.3 is 9.80 Å². The van der Waals surface area contributed by atoms with Crippen LogP contribution in [-0.2, 0) is 6.42 Å². The molecule has 0 radical (unpaired) electrons. The fraction of sp³-hybridized carbons (Fsp3) is 0.300. The number of hydrogen-bond acceptors (Lipinski definition) is 4. The third-order valence-corrected chi connectivity index (χ3v) is 5.10. The first-order chi connectivity index (χ1) is 12.7. The van der Waals surface area contributed by atoms with Crippen molar-refractivity contribution in [2.24, 2.45) is 5.18 Å². The summed E-state index contributed by atoms with van der Waals surface area (Å²) in [6, 6.07) is 12.7. The second kappa shape index (κ2) is 6.71. The number of fused-ring (bicyclic) bond motifs is 1. The van der Waals surface area contributed by atoms with Crippen molar-refractivity contribution in [2.45, 2.75) is 19.3 Å². The predicted octanol–water partition coefficient (Wildman–Crippen LogP) is 3.52.